The van der Waals surface area contributed by atoms with E-state index >= 15 is 0 Å². The van der Waals surface area contributed by atoms with E-state index in [1.54, 1.807) is 0 Å². The third-order valence-electron chi connectivity index (χ3n) is 2.70. The first-order chi connectivity index (χ1) is 7.83. The number of thioether (sulfide) groups is 1. The fourth-order valence-electron chi connectivity index (χ4n) is 1.94. The van der Waals surface area contributed by atoms with E-state index in [4.69, 9.17) is 0 Å². The molecule has 0 unspecified atom stereocenters. The standard InChI is InChI=1S/C13H17NOS/c1-2-6-13(15)14-9-5-10-16-12-8-4-3-7-11(12)14/h3-4,7-8H,2,5-6,9-10H2,1H3. The second-order valence-corrected chi connectivity index (χ2v) is 5.10. The minimum atomic E-state index is 0.262. The highest BCUT2D eigenvalue weighted by Gasteiger charge is 2.19. The first kappa shape index (κ1) is 11.5. The molecule has 0 N–H and O–H groups in total. The number of amides is 1. The van der Waals surface area contributed by atoms with Crippen molar-refractivity contribution in [2.24, 2.45) is 0 Å². The van der Waals surface area contributed by atoms with Gasteiger partial charge in [-0.2, -0.15) is 0 Å². The molecule has 0 radical (unpaired) electrons. The lowest BCUT2D eigenvalue weighted by atomic mass is 10.2. The Balaban J connectivity index is 2.28. The SMILES string of the molecule is CCCC(=O)N1CCCSc2ccccc21. The third-order valence-corrected chi connectivity index (χ3v) is 3.85. The Morgan fingerprint density at radius 2 is 2.25 bits per heavy atom. The molecule has 16 heavy (non-hydrogen) atoms. The molecule has 0 fully saturated rings. The highest BCUT2D eigenvalue weighted by molar-refractivity contribution is 7.99. The summed E-state index contributed by atoms with van der Waals surface area (Å²) in [5.74, 6) is 1.37. The summed E-state index contributed by atoms with van der Waals surface area (Å²) in [6.07, 6.45) is 2.65. The molecule has 0 saturated carbocycles. The minimum absolute atomic E-state index is 0.262. The van der Waals surface area contributed by atoms with Crippen LogP contribution in [0.1, 0.15) is 26.2 Å². The second kappa shape index (κ2) is 5.39. The molecule has 1 aliphatic rings. The van der Waals surface area contributed by atoms with Crippen molar-refractivity contribution >= 4 is 23.4 Å². The number of benzene rings is 1. The van der Waals surface area contributed by atoms with Crippen molar-refractivity contribution in [2.75, 3.05) is 17.2 Å². The van der Waals surface area contributed by atoms with Crippen molar-refractivity contribution in [1.82, 2.24) is 0 Å². The molecule has 2 nitrogen and oxygen atoms in total. The number of carbonyl (C=O) groups excluding carboxylic acids is 1. The number of anilines is 1. The minimum Gasteiger partial charge on any atom is -0.311 e. The van der Waals surface area contributed by atoms with Gasteiger partial charge in [-0.15, -0.1) is 11.8 Å². The number of hydrogen-bond acceptors (Lipinski definition) is 2. The van der Waals surface area contributed by atoms with Gasteiger partial charge in [0.05, 0.1) is 5.69 Å². The molecule has 1 heterocycles. The molecule has 1 aromatic rings. The van der Waals surface area contributed by atoms with Crippen molar-refractivity contribution in [3.05, 3.63) is 24.3 Å². The maximum Gasteiger partial charge on any atom is 0.227 e. The van der Waals surface area contributed by atoms with Crippen LogP contribution in [0.3, 0.4) is 0 Å². The Morgan fingerprint density at radius 1 is 1.44 bits per heavy atom. The van der Waals surface area contributed by atoms with Crippen molar-refractivity contribution in [1.29, 1.82) is 0 Å². The summed E-state index contributed by atoms with van der Waals surface area (Å²) in [5.41, 5.74) is 1.10. The molecule has 3 heteroatoms. The van der Waals surface area contributed by atoms with Crippen LogP contribution in [0.2, 0.25) is 0 Å². The first-order valence-corrected chi connectivity index (χ1v) is 6.83. The molecule has 0 aromatic heterocycles. The van der Waals surface area contributed by atoms with Gasteiger partial charge in [0, 0.05) is 17.9 Å². The predicted molar refractivity (Wildman–Crippen MR) is 69.0 cm³/mol. The van der Waals surface area contributed by atoms with Gasteiger partial charge in [-0.1, -0.05) is 19.1 Å². The van der Waals surface area contributed by atoms with Gasteiger partial charge < -0.3 is 4.90 Å². The average Bonchev–Trinajstić information content (AvgIpc) is 2.51. The molecular weight excluding hydrogens is 218 g/mol. The summed E-state index contributed by atoms with van der Waals surface area (Å²) in [5, 5.41) is 0. The first-order valence-electron chi connectivity index (χ1n) is 5.85. The van der Waals surface area contributed by atoms with E-state index in [0.29, 0.717) is 6.42 Å². The summed E-state index contributed by atoms with van der Waals surface area (Å²) in [7, 11) is 0. The molecule has 2 rings (SSSR count). The number of para-hydroxylation sites is 1. The van der Waals surface area contributed by atoms with Gasteiger partial charge in [0.1, 0.15) is 0 Å². The van der Waals surface area contributed by atoms with Gasteiger partial charge in [-0.3, -0.25) is 4.79 Å². The fraction of sp³-hybridized carbons (Fsp3) is 0.462. The summed E-state index contributed by atoms with van der Waals surface area (Å²) in [6, 6.07) is 8.22. The number of rotatable bonds is 2. The molecular formula is C13H17NOS. The van der Waals surface area contributed by atoms with E-state index in [1.807, 2.05) is 28.8 Å². The van der Waals surface area contributed by atoms with Crippen LogP contribution in [0, 0.1) is 0 Å². The zero-order valence-corrected chi connectivity index (χ0v) is 10.4. The van der Waals surface area contributed by atoms with E-state index in [0.717, 1.165) is 30.8 Å². The number of nitrogens with zero attached hydrogens (tertiary/aromatic N) is 1. The lowest BCUT2D eigenvalue weighted by Crippen LogP contribution is -2.31. The average molecular weight is 235 g/mol. The van der Waals surface area contributed by atoms with Gasteiger partial charge >= 0.3 is 0 Å². The predicted octanol–water partition coefficient (Wildman–Crippen LogP) is 3.32. The highest BCUT2D eigenvalue weighted by atomic mass is 32.2. The summed E-state index contributed by atoms with van der Waals surface area (Å²) in [4.78, 5) is 15.2. The maximum absolute atomic E-state index is 12.0. The summed E-state index contributed by atoms with van der Waals surface area (Å²) < 4.78 is 0. The molecule has 0 spiro atoms. The quantitative estimate of drug-likeness (QED) is 0.783. The lowest BCUT2D eigenvalue weighted by Gasteiger charge is -2.22. The molecule has 0 aliphatic carbocycles. The topological polar surface area (TPSA) is 20.3 Å². The van der Waals surface area contributed by atoms with E-state index in [2.05, 4.69) is 19.1 Å². The molecule has 0 bridgehead atoms. The third kappa shape index (κ3) is 2.40. The highest BCUT2D eigenvalue weighted by Crippen LogP contribution is 2.33. The monoisotopic (exact) mass is 235 g/mol. The largest absolute Gasteiger partial charge is 0.311 e. The van der Waals surface area contributed by atoms with Crippen LogP contribution in [-0.4, -0.2) is 18.2 Å². The molecule has 1 aromatic carbocycles. The van der Waals surface area contributed by atoms with Crippen molar-refractivity contribution in [2.45, 2.75) is 31.1 Å². The zero-order chi connectivity index (χ0) is 11.4. The van der Waals surface area contributed by atoms with Gasteiger partial charge in [0.2, 0.25) is 5.91 Å². The van der Waals surface area contributed by atoms with E-state index < -0.39 is 0 Å². The van der Waals surface area contributed by atoms with Crippen molar-refractivity contribution < 1.29 is 4.79 Å². The molecule has 1 aliphatic heterocycles. The van der Waals surface area contributed by atoms with Crippen LogP contribution >= 0.6 is 11.8 Å². The van der Waals surface area contributed by atoms with Crippen LogP contribution in [0.25, 0.3) is 0 Å². The van der Waals surface area contributed by atoms with Crippen LogP contribution < -0.4 is 4.90 Å². The van der Waals surface area contributed by atoms with Crippen LogP contribution in [0.4, 0.5) is 5.69 Å². The number of fused-ring (bicyclic) bond motifs is 1. The Bertz CT molecular complexity index is 378. The Labute approximate surface area is 101 Å². The molecule has 1 amide bonds. The van der Waals surface area contributed by atoms with E-state index in [9.17, 15) is 4.79 Å². The normalized spacial score (nSPS) is 15.4. The summed E-state index contributed by atoms with van der Waals surface area (Å²) >= 11 is 1.85. The smallest absolute Gasteiger partial charge is 0.227 e. The molecule has 86 valence electrons. The number of carbonyl (C=O) groups is 1. The van der Waals surface area contributed by atoms with Crippen molar-refractivity contribution in [3.8, 4) is 0 Å². The van der Waals surface area contributed by atoms with Gasteiger partial charge in [0.15, 0.2) is 0 Å². The van der Waals surface area contributed by atoms with Crippen LogP contribution in [0.15, 0.2) is 29.2 Å². The zero-order valence-electron chi connectivity index (χ0n) is 9.61. The summed E-state index contributed by atoms with van der Waals surface area (Å²) in [6.45, 7) is 2.92. The van der Waals surface area contributed by atoms with Crippen molar-refractivity contribution in [3.63, 3.8) is 0 Å². The Hall–Kier alpha value is -0.960. The van der Waals surface area contributed by atoms with Crippen LogP contribution in [0.5, 0.6) is 0 Å². The van der Waals surface area contributed by atoms with Gasteiger partial charge in [-0.25, -0.2) is 0 Å². The Kier molecular flexibility index (Phi) is 3.88. The van der Waals surface area contributed by atoms with E-state index in [1.165, 1.54) is 4.90 Å². The maximum atomic E-state index is 12.0. The Morgan fingerprint density at radius 3 is 3.06 bits per heavy atom. The van der Waals surface area contributed by atoms with Gasteiger partial charge in [-0.05, 0) is 30.7 Å². The fourth-order valence-corrected chi connectivity index (χ4v) is 2.93. The molecule has 0 atom stereocenters. The lowest BCUT2D eigenvalue weighted by molar-refractivity contribution is -0.118. The van der Waals surface area contributed by atoms with Gasteiger partial charge in [0.25, 0.3) is 0 Å². The second-order valence-electron chi connectivity index (χ2n) is 3.97. The van der Waals surface area contributed by atoms with E-state index in [-0.39, 0.29) is 5.91 Å². The number of hydrogen-bond donors (Lipinski definition) is 0. The van der Waals surface area contributed by atoms with Crippen LogP contribution in [-0.2, 0) is 4.79 Å². The molecule has 0 saturated heterocycles.